The summed E-state index contributed by atoms with van der Waals surface area (Å²) >= 11 is 0. The highest BCUT2D eigenvalue weighted by Crippen LogP contribution is 2.24. The van der Waals surface area contributed by atoms with E-state index in [1.54, 1.807) is 6.08 Å². The van der Waals surface area contributed by atoms with E-state index in [4.69, 9.17) is 14.2 Å². The molecule has 1 amide bonds. The number of ether oxygens (including phenoxy) is 3. The molecule has 0 aliphatic carbocycles. The number of carbonyl (C=O) groups is 2. The van der Waals surface area contributed by atoms with Crippen molar-refractivity contribution in [2.75, 3.05) is 19.8 Å². The molecule has 7 atom stereocenters. The predicted molar refractivity (Wildman–Crippen MR) is 403 cm³/mol. The number of amides is 1. The van der Waals surface area contributed by atoms with Crippen molar-refractivity contribution in [3.05, 3.63) is 48.6 Å². The molecule has 1 heterocycles. The van der Waals surface area contributed by atoms with Crippen LogP contribution in [0.2, 0.25) is 0 Å². The molecule has 0 aromatic rings. The van der Waals surface area contributed by atoms with Crippen LogP contribution in [0.4, 0.5) is 0 Å². The first-order valence-electron chi connectivity index (χ1n) is 41.4. The van der Waals surface area contributed by atoms with Crippen LogP contribution in [0.25, 0.3) is 0 Å². The van der Waals surface area contributed by atoms with Gasteiger partial charge in [0.1, 0.15) is 24.4 Å². The molecule has 7 unspecified atom stereocenters. The Kier molecular flexibility index (Phi) is 69.5. The van der Waals surface area contributed by atoms with Crippen molar-refractivity contribution in [3.63, 3.8) is 0 Å². The second kappa shape index (κ2) is 72.9. The van der Waals surface area contributed by atoms with E-state index in [-0.39, 0.29) is 18.5 Å². The van der Waals surface area contributed by atoms with E-state index in [0.29, 0.717) is 19.4 Å². The summed E-state index contributed by atoms with van der Waals surface area (Å²) in [6, 6.07) is -0.832. The summed E-state index contributed by atoms with van der Waals surface area (Å²) < 4.78 is 16.8. The Morgan fingerprint density at radius 3 is 1.06 bits per heavy atom. The van der Waals surface area contributed by atoms with Gasteiger partial charge in [0, 0.05) is 12.8 Å². The van der Waals surface area contributed by atoms with E-state index in [0.717, 1.165) is 64.2 Å². The Balaban J connectivity index is 1.88. The molecule has 95 heavy (non-hydrogen) atoms. The Morgan fingerprint density at radius 1 is 0.379 bits per heavy atom. The van der Waals surface area contributed by atoms with Crippen LogP contribution in [-0.4, -0.2) is 100 Å². The Labute approximate surface area is 586 Å². The molecule has 1 aliphatic rings. The molecule has 1 fully saturated rings. The number of allylic oxidation sites excluding steroid dienone is 7. The summed E-state index contributed by atoms with van der Waals surface area (Å²) in [5.41, 5.74) is 0. The van der Waals surface area contributed by atoms with E-state index >= 15 is 0 Å². The Morgan fingerprint density at radius 2 is 0.684 bits per heavy atom. The lowest BCUT2D eigenvalue weighted by molar-refractivity contribution is -0.302. The molecule has 0 bridgehead atoms. The zero-order chi connectivity index (χ0) is 68.6. The lowest BCUT2D eigenvalue weighted by Crippen LogP contribution is -2.60. The molecule has 11 nitrogen and oxygen atoms in total. The molecular weight excluding hydrogens is 1180 g/mol. The number of hydrogen-bond donors (Lipinski definition) is 6. The smallest absolute Gasteiger partial charge is 0.305 e. The number of hydrogen-bond acceptors (Lipinski definition) is 10. The van der Waals surface area contributed by atoms with Crippen molar-refractivity contribution in [2.45, 2.75) is 455 Å². The van der Waals surface area contributed by atoms with Crippen LogP contribution in [0, 0.1) is 0 Å². The molecule has 0 radical (unpaired) electrons. The van der Waals surface area contributed by atoms with Crippen molar-refractivity contribution in [2.24, 2.45) is 0 Å². The van der Waals surface area contributed by atoms with Gasteiger partial charge in [-0.15, -0.1) is 0 Å². The third-order valence-electron chi connectivity index (χ3n) is 19.6. The second-order valence-corrected chi connectivity index (χ2v) is 28.8. The average Bonchev–Trinajstić information content (AvgIpc) is 0.841. The third-order valence-corrected chi connectivity index (χ3v) is 19.6. The van der Waals surface area contributed by atoms with Gasteiger partial charge in [-0.3, -0.25) is 9.59 Å². The van der Waals surface area contributed by atoms with Crippen molar-refractivity contribution < 1.29 is 49.3 Å². The first kappa shape index (κ1) is 90.6. The number of rotatable bonds is 74. The summed E-state index contributed by atoms with van der Waals surface area (Å²) in [6.45, 7) is 4.35. The van der Waals surface area contributed by atoms with Gasteiger partial charge in [0.15, 0.2) is 6.29 Å². The molecule has 558 valence electrons. The zero-order valence-corrected chi connectivity index (χ0v) is 62.4. The highest BCUT2D eigenvalue weighted by Gasteiger charge is 2.44. The molecule has 11 heteroatoms. The number of esters is 1. The number of aliphatic hydroxyl groups excluding tert-OH is 5. The van der Waals surface area contributed by atoms with Gasteiger partial charge in [0.25, 0.3) is 0 Å². The first-order chi connectivity index (χ1) is 46.7. The van der Waals surface area contributed by atoms with Gasteiger partial charge in [0.2, 0.25) is 5.91 Å². The SMILES string of the molecule is CCCCC/C=C/CC/C=C/CC/C=C/C(O)C(COC1OC(CO)C(O)C(O)C1O)NC(=O)CCCCCCCCCCCCCCCCCCC/C=C\CCCCCCCCCCCCCCCCCCCCOC(=O)CCCCCCCCCCCCCCCCC. The first-order valence-corrected chi connectivity index (χ1v) is 41.4. The van der Waals surface area contributed by atoms with Crippen molar-refractivity contribution in [1.82, 2.24) is 5.32 Å². The predicted octanol–water partition coefficient (Wildman–Crippen LogP) is 22.6. The van der Waals surface area contributed by atoms with E-state index in [9.17, 15) is 35.1 Å². The van der Waals surface area contributed by atoms with Crippen LogP contribution < -0.4 is 5.32 Å². The van der Waals surface area contributed by atoms with Gasteiger partial charge in [-0.2, -0.15) is 0 Å². The van der Waals surface area contributed by atoms with Crippen LogP contribution in [0.3, 0.4) is 0 Å². The molecule has 0 spiro atoms. The number of nitrogens with one attached hydrogen (secondary N) is 1. The van der Waals surface area contributed by atoms with Gasteiger partial charge >= 0.3 is 5.97 Å². The minimum Gasteiger partial charge on any atom is -0.466 e. The largest absolute Gasteiger partial charge is 0.466 e. The fourth-order valence-electron chi connectivity index (χ4n) is 13.2. The lowest BCUT2D eigenvalue weighted by Gasteiger charge is -2.40. The van der Waals surface area contributed by atoms with E-state index in [1.165, 1.54) is 321 Å². The highest BCUT2D eigenvalue weighted by molar-refractivity contribution is 5.76. The van der Waals surface area contributed by atoms with E-state index in [1.807, 2.05) is 6.08 Å². The number of unbranched alkanes of at least 4 members (excludes halogenated alkanes) is 54. The van der Waals surface area contributed by atoms with E-state index < -0.39 is 49.5 Å². The van der Waals surface area contributed by atoms with Crippen LogP contribution >= 0.6 is 0 Å². The zero-order valence-electron chi connectivity index (χ0n) is 62.4. The van der Waals surface area contributed by atoms with Gasteiger partial charge in [-0.25, -0.2) is 0 Å². The van der Waals surface area contributed by atoms with Crippen molar-refractivity contribution in [3.8, 4) is 0 Å². The molecule has 6 N–H and O–H groups in total. The Bertz CT molecular complexity index is 1720. The van der Waals surface area contributed by atoms with Gasteiger partial charge in [-0.1, -0.05) is 364 Å². The van der Waals surface area contributed by atoms with Crippen LogP contribution in [0.15, 0.2) is 48.6 Å². The topological polar surface area (TPSA) is 175 Å². The summed E-state index contributed by atoms with van der Waals surface area (Å²) in [5.74, 6) is -0.171. The maximum Gasteiger partial charge on any atom is 0.305 e. The summed E-state index contributed by atoms with van der Waals surface area (Å²) in [7, 11) is 0. The standard InChI is InChI=1S/C84H157NO10/c1-3-5-7-9-11-13-15-17-43-48-52-56-60-64-68-72-80(89)93-73-69-65-61-57-53-49-45-42-40-38-36-34-32-30-28-26-24-22-20-18-19-21-23-25-27-29-31-33-35-37-39-41-44-47-51-55-59-63-67-71-79(88)85-76(75-94-84-83(92)82(91)81(90)78(74-86)95-84)77(87)70-66-62-58-54-50-46-16-14-12-10-8-6-4-2/h12,14,18-19,50,54,66,70,76-78,81-84,86-87,90-92H,3-11,13,15-17,20-49,51-53,55-65,67-69,71-75H2,1-2H3,(H,85,88)/b14-12+,19-18-,54-50+,70-66+. The molecule has 0 saturated carbocycles. The molecule has 1 rings (SSSR count). The summed E-state index contributed by atoms with van der Waals surface area (Å²) in [6.07, 6.45) is 87.4. The summed E-state index contributed by atoms with van der Waals surface area (Å²) in [5, 5.41) is 54.5. The van der Waals surface area contributed by atoms with Crippen LogP contribution in [-0.2, 0) is 23.8 Å². The number of aliphatic hydroxyl groups is 5. The van der Waals surface area contributed by atoms with Crippen molar-refractivity contribution >= 4 is 11.9 Å². The van der Waals surface area contributed by atoms with Gasteiger partial charge in [0.05, 0.1) is 32.0 Å². The maximum atomic E-state index is 13.1. The molecule has 0 aromatic carbocycles. The molecular formula is C84H157NO10. The normalized spacial score (nSPS) is 17.6. The van der Waals surface area contributed by atoms with Crippen LogP contribution in [0.1, 0.15) is 412 Å². The minimum absolute atomic E-state index is 0.0200. The van der Waals surface area contributed by atoms with Crippen molar-refractivity contribution in [1.29, 1.82) is 0 Å². The van der Waals surface area contributed by atoms with Gasteiger partial charge < -0.3 is 45.1 Å². The average molecular weight is 1340 g/mol. The number of carbonyl (C=O) groups excluding carboxylic acids is 2. The maximum absolute atomic E-state index is 13.1. The minimum atomic E-state index is -1.58. The van der Waals surface area contributed by atoms with Gasteiger partial charge in [-0.05, 0) is 83.5 Å². The quantitative estimate of drug-likeness (QED) is 0.0195. The van der Waals surface area contributed by atoms with Crippen LogP contribution in [0.5, 0.6) is 0 Å². The van der Waals surface area contributed by atoms with E-state index in [2.05, 4.69) is 55.6 Å². The Hall–Kier alpha value is -2.38. The molecule has 0 aromatic heterocycles. The monoisotopic (exact) mass is 1340 g/mol. The molecule has 1 saturated heterocycles. The summed E-state index contributed by atoms with van der Waals surface area (Å²) in [4.78, 5) is 25.2. The fraction of sp³-hybridized carbons (Fsp3) is 0.881. The highest BCUT2D eigenvalue weighted by atomic mass is 16.7. The second-order valence-electron chi connectivity index (χ2n) is 28.8. The third kappa shape index (κ3) is 61.2. The lowest BCUT2D eigenvalue weighted by atomic mass is 9.99. The molecule has 1 aliphatic heterocycles. The fourth-order valence-corrected chi connectivity index (χ4v) is 13.2.